The summed E-state index contributed by atoms with van der Waals surface area (Å²) < 4.78 is 1.11. The van der Waals surface area contributed by atoms with Crippen LogP contribution in [0.3, 0.4) is 0 Å². The molecule has 0 amide bonds. The average molecular weight is 258 g/mol. The van der Waals surface area contributed by atoms with Crippen LogP contribution in [0, 0.1) is 0 Å². The Morgan fingerprint density at radius 3 is 2.71 bits per heavy atom. The minimum Gasteiger partial charge on any atom is -0.305 e. The van der Waals surface area contributed by atoms with E-state index >= 15 is 0 Å². The van der Waals surface area contributed by atoms with E-state index in [2.05, 4.69) is 53.5 Å². The first-order valence-electron chi connectivity index (χ1n) is 4.69. The zero-order chi connectivity index (χ0) is 10.6. The molecular weight excluding hydrogens is 242 g/mol. The first kappa shape index (κ1) is 11.7. The summed E-state index contributed by atoms with van der Waals surface area (Å²) in [6.45, 7) is 5.13. The van der Waals surface area contributed by atoms with Crippen LogP contribution in [0.2, 0.25) is 0 Å². The molecule has 1 aromatic carbocycles. The minimum atomic E-state index is 0.539. The Balaban J connectivity index is 2.91. The zero-order valence-electron chi connectivity index (χ0n) is 8.80. The van der Waals surface area contributed by atoms with Crippen LogP contribution >= 0.6 is 15.9 Å². The molecule has 0 spiro atoms. The second-order valence-electron chi connectivity index (χ2n) is 3.52. The molecule has 1 rings (SSSR count). The second-order valence-corrected chi connectivity index (χ2v) is 4.44. The van der Waals surface area contributed by atoms with E-state index in [9.17, 15) is 0 Å². The quantitative estimate of drug-likeness (QED) is 0.837. The molecule has 14 heavy (non-hydrogen) atoms. The molecule has 0 unspecified atom stereocenters. The molecule has 0 saturated heterocycles. The van der Waals surface area contributed by atoms with Crippen molar-refractivity contribution in [2.24, 2.45) is 0 Å². The average Bonchev–Trinajstić information content (AvgIpc) is 2.14. The maximum atomic E-state index is 4.86. The number of rotatable bonds is 4. The highest BCUT2D eigenvalue weighted by Crippen LogP contribution is 2.23. The van der Waals surface area contributed by atoms with Gasteiger partial charge in [-0.1, -0.05) is 35.8 Å². The van der Waals surface area contributed by atoms with Crippen LogP contribution < -0.4 is 5.48 Å². The maximum Gasteiger partial charge on any atom is 0.0572 e. The Hall–Kier alpha value is -0.380. The summed E-state index contributed by atoms with van der Waals surface area (Å²) in [6, 6.07) is 6.36. The predicted molar refractivity (Wildman–Crippen MR) is 62.1 cm³/mol. The lowest BCUT2D eigenvalue weighted by atomic mass is 9.97. The molecular formula is C11H16BrNO. The number of hydrogen-bond acceptors (Lipinski definition) is 2. The lowest BCUT2D eigenvalue weighted by Gasteiger charge is -2.13. The summed E-state index contributed by atoms with van der Waals surface area (Å²) in [5.41, 5.74) is 5.50. The minimum absolute atomic E-state index is 0.539. The van der Waals surface area contributed by atoms with Crippen LogP contribution in [0.4, 0.5) is 0 Å². The Morgan fingerprint density at radius 1 is 1.43 bits per heavy atom. The molecule has 0 radical (unpaired) electrons. The molecule has 0 aromatic heterocycles. The normalized spacial score (nSPS) is 10.9. The van der Waals surface area contributed by atoms with Gasteiger partial charge >= 0.3 is 0 Å². The summed E-state index contributed by atoms with van der Waals surface area (Å²) in [6.07, 6.45) is 0. The van der Waals surface area contributed by atoms with E-state index in [1.54, 1.807) is 7.11 Å². The Bertz CT molecular complexity index is 299. The summed E-state index contributed by atoms with van der Waals surface area (Å²) in [7, 11) is 1.63. The van der Waals surface area contributed by atoms with Gasteiger partial charge in [0.1, 0.15) is 0 Å². The third-order valence-corrected chi connectivity index (χ3v) is 2.63. The van der Waals surface area contributed by atoms with Crippen molar-refractivity contribution < 1.29 is 4.84 Å². The largest absolute Gasteiger partial charge is 0.305 e. The van der Waals surface area contributed by atoms with E-state index in [1.807, 2.05) is 0 Å². The molecule has 78 valence electrons. The first-order valence-corrected chi connectivity index (χ1v) is 5.48. The summed E-state index contributed by atoms with van der Waals surface area (Å²) in [5.74, 6) is 0.539. The van der Waals surface area contributed by atoms with Crippen LogP contribution in [0.1, 0.15) is 30.9 Å². The molecule has 0 fully saturated rings. The topological polar surface area (TPSA) is 21.3 Å². The summed E-state index contributed by atoms with van der Waals surface area (Å²) in [4.78, 5) is 4.86. The molecule has 0 saturated carbocycles. The number of hydrogen-bond donors (Lipinski definition) is 1. The van der Waals surface area contributed by atoms with Gasteiger partial charge in [-0.2, -0.15) is 5.48 Å². The van der Waals surface area contributed by atoms with Gasteiger partial charge in [-0.05, 0) is 29.2 Å². The van der Waals surface area contributed by atoms with Gasteiger partial charge in [-0.25, -0.2) is 0 Å². The van der Waals surface area contributed by atoms with Crippen molar-refractivity contribution >= 4 is 15.9 Å². The lowest BCUT2D eigenvalue weighted by Crippen LogP contribution is -2.12. The van der Waals surface area contributed by atoms with Crippen LogP contribution in [-0.4, -0.2) is 7.11 Å². The fraction of sp³-hybridized carbons (Fsp3) is 0.455. The molecule has 3 heteroatoms. The van der Waals surface area contributed by atoms with Crippen molar-refractivity contribution in [2.75, 3.05) is 7.11 Å². The second kappa shape index (κ2) is 5.49. The van der Waals surface area contributed by atoms with Gasteiger partial charge in [0.2, 0.25) is 0 Å². The van der Waals surface area contributed by atoms with Crippen LogP contribution in [0.5, 0.6) is 0 Å². The monoisotopic (exact) mass is 257 g/mol. The van der Waals surface area contributed by atoms with E-state index in [4.69, 9.17) is 4.84 Å². The third-order valence-electron chi connectivity index (χ3n) is 2.13. The van der Waals surface area contributed by atoms with Crippen molar-refractivity contribution in [3.8, 4) is 0 Å². The fourth-order valence-electron chi connectivity index (χ4n) is 1.44. The molecule has 0 bridgehead atoms. The lowest BCUT2D eigenvalue weighted by molar-refractivity contribution is 0.0865. The molecule has 1 aromatic rings. The van der Waals surface area contributed by atoms with Crippen LogP contribution in [0.15, 0.2) is 22.7 Å². The summed E-state index contributed by atoms with van der Waals surface area (Å²) >= 11 is 3.47. The Morgan fingerprint density at radius 2 is 2.14 bits per heavy atom. The van der Waals surface area contributed by atoms with Crippen molar-refractivity contribution in [3.05, 3.63) is 33.8 Å². The molecule has 0 atom stereocenters. The zero-order valence-corrected chi connectivity index (χ0v) is 10.4. The van der Waals surface area contributed by atoms with Gasteiger partial charge in [0, 0.05) is 11.0 Å². The van der Waals surface area contributed by atoms with Gasteiger partial charge in [0.25, 0.3) is 0 Å². The Labute approximate surface area is 93.7 Å². The number of nitrogens with one attached hydrogen (secondary N) is 1. The molecule has 0 aliphatic heterocycles. The van der Waals surface area contributed by atoms with Gasteiger partial charge in [-0.15, -0.1) is 0 Å². The molecule has 0 aliphatic carbocycles. The Kier molecular flexibility index (Phi) is 4.58. The van der Waals surface area contributed by atoms with Crippen LogP contribution in [0.25, 0.3) is 0 Å². The number of hydroxylamine groups is 1. The van der Waals surface area contributed by atoms with E-state index < -0.39 is 0 Å². The smallest absolute Gasteiger partial charge is 0.0572 e. The highest BCUT2D eigenvalue weighted by Gasteiger charge is 2.06. The fourth-order valence-corrected chi connectivity index (χ4v) is 1.85. The standard InChI is InChI=1S/C11H16BrNO/c1-8(2)11-5-4-10(12)6-9(11)7-13-14-3/h4-6,8,13H,7H2,1-3H3. The van der Waals surface area contributed by atoms with Crippen molar-refractivity contribution in [2.45, 2.75) is 26.3 Å². The predicted octanol–water partition coefficient (Wildman–Crippen LogP) is 3.22. The number of halogens is 1. The van der Waals surface area contributed by atoms with E-state index in [1.165, 1.54) is 11.1 Å². The van der Waals surface area contributed by atoms with Gasteiger partial charge < -0.3 is 4.84 Å². The third kappa shape index (κ3) is 3.08. The van der Waals surface area contributed by atoms with E-state index in [0.29, 0.717) is 5.92 Å². The molecule has 0 heterocycles. The van der Waals surface area contributed by atoms with E-state index in [-0.39, 0.29) is 0 Å². The first-order chi connectivity index (χ1) is 6.65. The summed E-state index contributed by atoms with van der Waals surface area (Å²) in [5, 5.41) is 0. The van der Waals surface area contributed by atoms with Crippen molar-refractivity contribution in [3.63, 3.8) is 0 Å². The highest BCUT2D eigenvalue weighted by molar-refractivity contribution is 9.10. The SMILES string of the molecule is CONCc1cc(Br)ccc1C(C)C. The van der Waals surface area contributed by atoms with Gasteiger partial charge in [-0.3, -0.25) is 0 Å². The maximum absolute atomic E-state index is 4.86. The van der Waals surface area contributed by atoms with Gasteiger partial charge in [0.05, 0.1) is 7.11 Å². The highest BCUT2D eigenvalue weighted by atomic mass is 79.9. The number of benzene rings is 1. The van der Waals surface area contributed by atoms with Gasteiger partial charge in [0.15, 0.2) is 0 Å². The van der Waals surface area contributed by atoms with Crippen molar-refractivity contribution in [1.29, 1.82) is 0 Å². The van der Waals surface area contributed by atoms with Crippen LogP contribution in [-0.2, 0) is 11.4 Å². The van der Waals surface area contributed by atoms with Crippen molar-refractivity contribution in [1.82, 2.24) is 5.48 Å². The van der Waals surface area contributed by atoms with E-state index in [0.717, 1.165) is 11.0 Å². The molecule has 2 nitrogen and oxygen atoms in total. The molecule has 1 N–H and O–H groups in total. The molecule has 0 aliphatic rings.